The van der Waals surface area contributed by atoms with Gasteiger partial charge in [-0.1, -0.05) is 6.07 Å². The summed E-state index contributed by atoms with van der Waals surface area (Å²) in [6.07, 6.45) is 3.25. The number of hydrogen-bond acceptors (Lipinski definition) is 4. The Morgan fingerprint density at radius 1 is 0.935 bits per heavy atom. The van der Waals surface area contributed by atoms with E-state index in [-0.39, 0.29) is 10.5 Å². The summed E-state index contributed by atoms with van der Waals surface area (Å²) in [4.78, 5) is 25.4. The van der Waals surface area contributed by atoms with Gasteiger partial charge >= 0.3 is 0 Å². The summed E-state index contributed by atoms with van der Waals surface area (Å²) in [6.45, 7) is 3.91. The van der Waals surface area contributed by atoms with Crippen LogP contribution >= 0.6 is 0 Å². The molecule has 1 aliphatic heterocycles. The molecule has 1 saturated heterocycles. The number of sulfonamides is 1. The Balaban J connectivity index is 1.67. The number of benzene rings is 2. The van der Waals surface area contributed by atoms with Crippen molar-refractivity contribution in [2.45, 2.75) is 18.7 Å². The first kappa shape index (κ1) is 20.6. The van der Waals surface area contributed by atoms with Gasteiger partial charge in [0.25, 0.3) is 11.8 Å². The minimum Gasteiger partial charge on any atom is -0.317 e. The van der Waals surface area contributed by atoms with Gasteiger partial charge in [0.15, 0.2) is 0 Å². The van der Waals surface area contributed by atoms with Crippen LogP contribution in [0.2, 0.25) is 0 Å². The molecule has 2 heterocycles. The summed E-state index contributed by atoms with van der Waals surface area (Å²) in [7, 11) is -3.79. The van der Waals surface area contributed by atoms with E-state index in [2.05, 4.69) is 5.43 Å². The van der Waals surface area contributed by atoms with Gasteiger partial charge in [0, 0.05) is 17.6 Å². The van der Waals surface area contributed by atoms with Crippen LogP contribution in [0.25, 0.3) is 11.8 Å². The van der Waals surface area contributed by atoms with E-state index in [1.807, 2.05) is 26.0 Å². The monoisotopic (exact) mass is 436 g/mol. The van der Waals surface area contributed by atoms with E-state index in [9.17, 15) is 18.0 Å². The molecule has 3 N–H and O–H groups in total. The zero-order valence-electron chi connectivity index (χ0n) is 16.9. The summed E-state index contributed by atoms with van der Waals surface area (Å²) in [5.74, 6) is -0.953. The molecule has 0 radical (unpaired) electrons. The fourth-order valence-electron chi connectivity index (χ4n) is 3.30. The van der Waals surface area contributed by atoms with Crippen LogP contribution in [-0.2, 0) is 19.6 Å². The number of nitrogens with two attached hydrogens (primary N) is 1. The molecule has 0 atom stereocenters. The highest BCUT2D eigenvalue weighted by Crippen LogP contribution is 2.25. The second kappa shape index (κ2) is 7.53. The number of hydrazine groups is 1. The summed E-state index contributed by atoms with van der Waals surface area (Å²) < 4.78 is 24.7. The van der Waals surface area contributed by atoms with E-state index >= 15 is 0 Å². The molecule has 1 aliphatic rings. The molecule has 8 nitrogen and oxygen atoms in total. The van der Waals surface area contributed by atoms with Crippen LogP contribution in [0.5, 0.6) is 0 Å². The van der Waals surface area contributed by atoms with Crippen LogP contribution in [0.3, 0.4) is 0 Å². The van der Waals surface area contributed by atoms with E-state index in [1.165, 1.54) is 23.2 Å². The minimum atomic E-state index is -3.79. The molecule has 0 unspecified atom stereocenters. The Labute approximate surface area is 179 Å². The average molecular weight is 436 g/mol. The standard InChI is InChI=1S/C22H20N4O4S/c1-14-5-6-18(12-15(14)2)26-22(28)20(21(27)24-26)13-17-4-3-11-25(17)16-7-9-19(10-8-16)31(23,29)30/h3-13H,1-2H3,(H,24,27)(H2,23,29,30)/b20-13+. The number of carbonyl (C=O) groups is 2. The molecule has 158 valence electrons. The second-order valence-corrected chi connectivity index (χ2v) is 8.81. The Morgan fingerprint density at radius 3 is 2.26 bits per heavy atom. The van der Waals surface area contributed by atoms with Crippen LogP contribution in [0.15, 0.2) is 71.3 Å². The largest absolute Gasteiger partial charge is 0.317 e. The van der Waals surface area contributed by atoms with Crippen molar-refractivity contribution in [3.05, 3.63) is 83.2 Å². The number of primary sulfonamides is 1. The van der Waals surface area contributed by atoms with Crippen molar-refractivity contribution in [2.24, 2.45) is 5.14 Å². The lowest BCUT2D eigenvalue weighted by molar-refractivity contribution is -0.117. The van der Waals surface area contributed by atoms with Gasteiger partial charge in [0.1, 0.15) is 5.57 Å². The van der Waals surface area contributed by atoms with Crippen molar-refractivity contribution in [3.8, 4) is 5.69 Å². The van der Waals surface area contributed by atoms with Gasteiger partial charge in [0.2, 0.25) is 10.0 Å². The number of amides is 2. The third kappa shape index (κ3) is 3.88. The van der Waals surface area contributed by atoms with E-state index in [0.29, 0.717) is 17.1 Å². The Hall–Kier alpha value is -3.69. The third-order valence-corrected chi connectivity index (χ3v) is 6.09. The third-order valence-electron chi connectivity index (χ3n) is 5.16. The second-order valence-electron chi connectivity index (χ2n) is 7.25. The first-order valence-electron chi connectivity index (χ1n) is 9.40. The van der Waals surface area contributed by atoms with E-state index in [4.69, 9.17) is 5.14 Å². The first-order chi connectivity index (χ1) is 14.6. The number of aromatic nitrogens is 1. The number of rotatable bonds is 4. The Bertz CT molecular complexity index is 1340. The van der Waals surface area contributed by atoms with Gasteiger partial charge in [0.05, 0.1) is 10.6 Å². The number of carbonyl (C=O) groups excluding carboxylic acids is 2. The summed E-state index contributed by atoms with van der Waals surface area (Å²) >= 11 is 0. The smallest absolute Gasteiger partial charge is 0.282 e. The summed E-state index contributed by atoms with van der Waals surface area (Å²) in [6, 6.07) is 15.0. The Morgan fingerprint density at radius 2 is 1.61 bits per heavy atom. The first-order valence-corrected chi connectivity index (χ1v) is 10.9. The highest BCUT2D eigenvalue weighted by Gasteiger charge is 2.34. The molecule has 31 heavy (non-hydrogen) atoms. The lowest BCUT2D eigenvalue weighted by Crippen LogP contribution is -2.35. The number of hydrogen-bond donors (Lipinski definition) is 2. The molecule has 1 aromatic heterocycles. The fourth-order valence-corrected chi connectivity index (χ4v) is 3.81. The number of nitrogens with one attached hydrogen (secondary N) is 1. The maximum atomic E-state index is 12.9. The van der Waals surface area contributed by atoms with Crippen LogP contribution in [-0.4, -0.2) is 24.8 Å². The predicted octanol–water partition coefficient (Wildman–Crippen LogP) is 2.20. The molecule has 1 fully saturated rings. The van der Waals surface area contributed by atoms with Crippen LogP contribution in [0.1, 0.15) is 16.8 Å². The minimum absolute atomic E-state index is 0.000616. The molecule has 2 amide bonds. The van der Waals surface area contributed by atoms with Gasteiger partial charge in [-0.2, -0.15) is 0 Å². The van der Waals surface area contributed by atoms with Gasteiger partial charge in [-0.3, -0.25) is 15.0 Å². The average Bonchev–Trinajstić information content (AvgIpc) is 3.29. The zero-order chi connectivity index (χ0) is 22.3. The predicted molar refractivity (Wildman–Crippen MR) is 117 cm³/mol. The van der Waals surface area contributed by atoms with E-state index in [0.717, 1.165) is 11.1 Å². The van der Waals surface area contributed by atoms with Crippen molar-refractivity contribution < 1.29 is 18.0 Å². The van der Waals surface area contributed by atoms with Gasteiger partial charge in [-0.05, 0) is 79.6 Å². The molecule has 9 heteroatoms. The molecule has 4 rings (SSSR count). The summed E-state index contributed by atoms with van der Waals surface area (Å²) in [5.41, 5.74) is 6.52. The fraction of sp³-hybridized carbons (Fsp3) is 0.0909. The van der Waals surface area contributed by atoms with Crippen LogP contribution in [0, 0.1) is 13.8 Å². The number of nitrogens with zero attached hydrogens (tertiary/aromatic N) is 2. The molecule has 2 aromatic carbocycles. The van der Waals surface area contributed by atoms with Crippen LogP contribution < -0.4 is 15.6 Å². The van der Waals surface area contributed by atoms with Gasteiger partial charge in [-0.25, -0.2) is 18.6 Å². The van der Waals surface area contributed by atoms with Crippen molar-refractivity contribution in [1.29, 1.82) is 0 Å². The van der Waals surface area contributed by atoms with E-state index < -0.39 is 21.8 Å². The quantitative estimate of drug-likeness (QED) is 0.482. The maximum Gasteiger partial charge on any atom is 0.282 e. The van der Waals surface area contributed by atoms with Gasteiger partial charge in [-0.15, -0.1) is 0 Å². The molecule has 3 aromatic rings. The van der Waals surface area contributed by atoms with Crippen LogP contribution in [0.4, 0.5) is 5.69 Å². The Kier molecular flexibility index (Phi) is 5.00. The molecule has 0 bridgehead atoms. The summed E-state index contributed by atoms with van der Waals surface area (Å²) in [5, 5.41) is 6.37. The van der Waals surface area contributed by atoms with Crippen molar-refractivity contribution in [3.63, 3.8) is 0 Å². The van der Waals surface area contributed by atoms with E-state index in [1.54, 1.807) is 41.1 Å². The zero-order valence-corrected chi connectivity index (χ0v) is 17.7. The lowest BCUT2D eigenvalue weighted by atomic mass is 10.1. The number of aryl methyl sites for hydroxylation is 2. The molecular formula is C22H20N4O4S. The maximum absolute atomic E-state index is 12.9. The normalized spacial score (nSPS) is 15.6. The lowest BCUT2D eigenvalue weighted by Gasteiger charge is -2.16. The molecule has 0 saturated carbocycles. The topological polar surface area (TPSA) is 114 Å². The highest BCUT2D eigenvalue weighted by molar-refractivity contribution is 7.89. The van der Waals surface area contributed by atoms with Crippen molar-refractivity contribution in [2.75, 3.05) is 5.01 Å². The highest BCUT2D eigenvalue weighted by atomic mass is 32.2. The number of anilines is 1. The molecule has 0 spiro atoms. The van der Waals surface area contributed by atoms with Gasteiger partial charge < -0.3 is 4.57 Å². The van der Waals surface area contributed by atoms with Crippen molar-refractivity contribution in [1.82, 2.24) is 9.99 Å². The molecular weight excluding hydrogens is 416 g/mol. The molecule has 0 aliphatic carbocycles. The van der Waals surface area contributed by atoms with Crippen molar-refractivity contribution >= 4 is 33.6 Å². The SMILES string of the molecule is Cc1ccc(N2NC(=O)/C(=C\c3cccn3-c3ccc(S(N)(=O)=O)cc3)C2=O)cc1C.